The molecule has 6 heteroatoms. The van der Waals surface area contributed by atoms with Crippen LogP contribution in [-0.2, 0) is 28.6 Å². The first-order valence-corrected chi connectivity index (χ1v) is 26.3. The molecule has 0 N–H and O–H groups in total. The highest BCUT2D eigenvalue weighted by Crippen LogP contribution is 2.15. The summed E-state index contributed by atoms with van der Waals surface area (Å²) in [6.45, 7) is 6.43. The maximum Gasteiger partial charge on any atom is 0.306 e. The second-order valence-electron chi connectivity index (χ2n) is 17.4. The average Bonchev–Trinajstić information content (AvgIpc) is 3.27. The third kappa shape index (κ3) is 48.1. The minimum Gasteiger partial charge on any atom is -0.462 e. The molecule has 0 saturated heterocycles. The molecular weight excluding hydrogens is 769 g/mol. The van der Waals surface area contributed by atoms with Gasteiger partial charge in [0, 0.05) is 19.3 Å². The monoisotopic (exact) mass is 867 g/mol. The maximum absolute atomic E-state index is 12.7. The molecule has 0 aromatic carbocycles. The smallest absolute Gasteiger partial charge is 0.306 e. The summed E-state index contributed by atoms with van der Waals surface area (Å²) in [5, 5.41) is 0. The Morgan fingerprint density at radius 2 is 0.629 bits per heavy atom. The lowest BCUT2D eigenvalue weighted by atomic mass is 10.0. The molecule has 0 rings (SSSR count). The number of hydrogen-bond acceptors (Lipinski definition) is 6. The second kappa shape index (κ2) is 50.8. The fourth-order valence-corrected chi connectivity index (χ4v) is 7.31. The number of unbranched alkanes of at least 4 members (excludes halogenated alkanes) is 26. The molecule has 0 fully saturated rings. The number of rotatable bonds is 47. The fourth-order valence-electron chi connectivity index (χ4n) is 7.31. The number of hydrogen-bond donors (Lipinski definition) is 0. The summed E-state index contributed by atoms with van der Waals surface area (Å²) in [7, 11) is 0. The van der Waals surface area contributed by atoms with Crippen LogP contribution in [0.15, 0.2) is 60.8 Å². The topological polar surface area (TPSA) is 78.9 Å². The van der Waals surface area contributed by atoms with Crippen molar-refractivity contribution in [2.75, 3.05) is 13.2 Å². The second-order valence-corrected chi connectivity index (χ2v) is 17.4. The van der Waals surface area contributed by atoms with Crippen molar-refractivity contribution in [2.24, 2.45) is 0 Å². The molecule has 0 heterocycles. The van der Waals surface area contributed by atoms with E-state index in [4.69, 9.17) is 14.2 Å². The van der Waals surface area contributed by atoms with E-state index in [1.165, 1.54) is 116 Å². The highest BCUT2D eigenvalue weighted by Gasteiger charge is 2.19. The maximum atomic E-state index is 12.7. The summed E-state index contributed by atoms with van der Waals surface area (Å²) >= 11 is 0. The Morgan fingerprint density at radius 3 is 1.00 bits per heavy atom. The van der Waals surface area contributed by atoms with E-state index in [1.54, 1.807) is 0 Å². The molecule has 0 aromatic heterocycles. The molecule has 0 aliphatic carbocycles. The lowest BCUT2D eigenvalue weighted by molar-refractivity contribution is -0.167. The van der Waals surface area contributed by atoms with Gasteiger partial charge in [0.05, 0.1) is 0 Å². The van der Waals surface area contributed by atoms with Crippen LogP contribution in [0.1, 0.15) is 258 Å². The third-order valence-electron chi connectivity index (χ3n) is 11.3. The molecule has 358 valence electrons. The summed E-state index contributed by atoms with van der Waals surface area (Å²) in [5.74, 6) is -0.898. The van der Waals surface area contributed by atoms with Gasteiger partial charge in [0.15, 0.2) is 6.10 Å². The minimum atomic E-state index is -0.773. The lowest BCUT2D eigenvalue weighted by Crippen LogP contribution is -2.30. The number of ether oxygens (including phenoxy) is 3. The van der Waals surface area contributed by atoms with Gasteiger partial charge >= 0.3 is 17.9 Å². The van der Waals surface area contributed by atoms with Gasteiger partial charge in [-0.25, -0.2) is 0 Å². The molecule has 0 spiro atoms. The van der Waals surface area contributed by atoms with Gasteiger partial charge in [-0.05, 0) is 83.5 Å². The minimum absolute atomic E-state index is 0.0775. The van der Waals surface area contributed by atoms with Crippen LogP contribution in [0.25, 0.3) is 0 Å². The van der Waals surface area contributed by atoms with Crippen molar-refractivity contribution in [2.45, 2.75) is 264 Å². The van der Waals surface area contributed by atoms with Crippen molar-refractivity contribution in [3.8, 4) is 0 Å². The van der Waals surface area contributed by atoms with Gasteiger partial charge in [-0.3, -0.25) is 14.4 Å². The zero-order valence-corrected chi connectivity index (χ0v) is 40.9. The Labute approximate surface area is 383 Å². The summed E-state index contributed by atoms with van der Waals surface area (Å²) < 4.78 is 16.7. The quantitative estimate of drug-likeness (QED) is 0.0262. The first-order valence-electron chi connectivity index (χ1n) is 26.3. The molecule has 1 atom stereocenters. The van der Waals surface area contributed by atoms with Crippen molar-refractivity contribution in [3.63, 3.8) is 0 Å². The van der Waals surface area contributed by atoms with Crippen LogP contribution >= 0.6 is 0 Å². The van der Waals surface area contributed by atoms with Crippen LogP contribution in [0, 0.1) is 0 Å². The number of esters is 3. The van der Waals surface area contributed by atoms with E-state index >= 15 is 0 Å². The van der Waals surface area contributed by atoms with Crippen LogP contribution in [-0.4, -0.2) is 37.2 Å². The molecule has 0 aliphatic rings. The zero-order chi connectivity index (χ0) is 45.1. The highest BCUT2D eigenvalue weighted by molar-refractivity contribution is 5.71. The SMILES string of the molecule is CC/C=C\C/C=C\C/C=C\C/C=C\CCCCCCCCCCCCCCC(=O)OCC(COC(=O)CCCCCCC)OC(=O)CCCCCCC/C=C\CCCCCCC. The molecule has 0 radical (unpaired) electrons. The van der Waals surface area contributed by atoms with E-state index in [0.717, 1.165) is 103 Å². The molecule has 6 nitrogen and oxygen atoms in total. The normalized spacial score (nSPS) is 12.5. The van der Waals surface area contributed by atoms with Crippen LogP contribution in [0.5, 0.6) is 0 Å². The van der Waals surface area contributed by atoms with Gasteiger partial charge in [0.1, 0.15) is 13.2 Å². The molecular formula is C56H98O6. The average molecular weight is 867 g/mol. The van der Waals surface area contributed by atoms with Gasteiger partial charge in [0.2, 0.25) is 0 Å². The van der Waals surface area contributed by atoms with Gasteiger partial charge in [-0.15, -0.1) is 0 Å². The van der Waals surface area contributed by atoms with Gasteiger partial charge in [-0.2, -0.15) is 0 Å². The van der Waals surface area contributed by atoms with Crippen LogP contribution < -0.4 is 0 Å². The van der Waals surface area contributed by atoms with E-state index in [0.29, 0.717) is 19.3 Å². The predicted molar refractivity (Wildman–Crippen MR) is 265 cm³/mol. The van der Waals surface area contributed by atoms with E-state index in [2.05, 4.69) is 81.5 Å². The first-order chi connectivity index (χ1) is 30.5. The van der Waals surface area contributed by atoms with E-state index in [-0.39, 0.29) is 31.1 Å². The fraction of sp³-hybridized carbons (Fsp3) is 0.768. The number of allylic oxidation sites excluding steroid dienone is 10. The molecule has 0 aliphatic heterocycles. The lowest BCUT2D eigenvalue weighted by Gasteiger charge is -2.18. The van der Waals surface area contributed by atoms with Crippen LogP contribution in [0.2, 0.25) is 0 Å². The van der Waals surface area contributed by atoms with Crippen molar-refractivity contribution < 1.29 is 28.6 Å². The van der Waals surface area contributed by atoms with E-state index in [9.17, 15) is 14.4 Å². The van der Waals surface area contributed by atoms with Gasteiger partial charge < -0.3 is 14.2 Å². The Hall–Kier alpha value is -2.89. The van der Waals surface area contributed by atoms with E-state index in [1.807, 2.05) is 0 Å². The van der Waals surface area contributed by atoms with Crippen molar-refractivity contribution in [3.05, 3.63) is 60.8 Å². The predicted octanol–water partition coefficient (Wildman–Crippen LogP) is 17.3. The summed E-state index contributed by atoms with van der Waals surface area (Å²) in [5.41, 5.74) is 0. The van der Waals surface area contributed by atoms with Crippen LogP contribution in [0.4, 0.5) is 0 Å². The molecule has 0 bridgehead atoms. The van der Waals surface area contributed by atoms with Crippen molar-refractivity contribution in [1.29, 1.82) is 0 Å². The standard InChI is InChI=1S/C56H98O6/c1-4-7-10-13-15-17-19-21-23-24-25-26-27-28-29-30-31-32-33-35-36-38-40-43-46-49-55(58)61-52-53(51-60-54(57)48-45-42-12-9-6-3)62-56(59)50-47-44-41-39-37-34-22-20-18-16-14-11-8-5-2/h7,10,15,17,20-23,25-26,53H,4-6,8-9,11-14,16,18-19,24,27-52H2,1-3H3/b10-7-,17-15-,22-20-,23-21-,26-25-. The summed E-state index contributed by atoms with van der Waals surface area (Å²) in [4.78, 5) is 37.6. The van der Waals surface area contributed by atoms with Crippen molar-refractivity contribution in [1.82, 2.24) is 0 Å². The Kier molecular flexibility index (Phi) is 48.4. The first kappa shape index (κ1) is 59.1. The van der Waals surface area contributed by atoms with Gasteiger partial charge in [0.25, 0.3) is 0 Å². The van der Waals surface area contributed by atoms with Gasteiger partial charge in [-0.1, -0.05) is 216 Å². The largest absolute Gasteiger partial charge is 0.462 e. The molecule has 0 saturated carbocycles. The Morgan fingerprint density at radius 1 is 0.339 bits per heavy atom. The van der Waals surface area contributed by atoms with Crippen LogP contribution in [0.3, 0.4) is 0 Å². The Bertz CT molecular complexity index is 1130. The zero-order valence-electron chi connectivity index (χ0n) is 40.9. The van der Waals surface area contributed by atoms with Crippen molar-refractivity contribution >= 4 is 17.9 Å². The number of carbonyl (C=O) groups excluding carboxylic acids is 3. The third-order valence-corrected chi connectivity index (χ3v) is 11.3. The highest BCUT2D eigenvalue weighted by atomic mass is 16.6. The summed E-state index contributed by atoms with van der Waals surface area (Å²) in [6.07, 6.45) is 62.5. The number of carbonyl (C=O) groups is 3. The molecule has 1 unspecified atom stereocenters. The molecule has 62 heavy (non-hydrogen) atoms. The Balaban J connectivity index is 4.08. The molecule has 0 amide bonds. The summed E-state index contributed by atoms with van der Waals surface area (Å²) in [6, 6.07) is 0. The van der Waals surface area contributed by atoms with E-state index < -0.39 is 6.10 Å². The molecule has 0 aromatic rings.